The Labute approximate surface area is 123 Å². The van der Waals surface area contributed by atoms with Crippen LogP contribution in [0.4, 0.5) is 0 Å². The van der Waals surface area contributed by atoms with Crippen LogP contribution in [0.15, 0.2) is 53.4 Å². The molecule has 1 aliphatic carbocycles. The SMILES string of the molecule is O=C(O)c1ccc(S(=O)(=O)CC2Cc3ccccc32)cc1. The largest absolute Gasteiger partial charge is 0.478 e. The van der Waals surface area contributed by atoms with Gasteiger partial charge in [-0.15, -0.1) is 0 Å². The number of carbonyl (C=O) groups is 1. The molecule has 0 radical (unpaired) electrons. The van der Waals surface area contributed by atoms with Crippen molar-refractivity contribution in [3.05, 3.63) is 65.2 Å². The zero-order valence-electron chi connectivity index (χ0n) is 11.2. The Bertz CT molecular complexity index is 791. The molecule has 0 saturated carbocycles. The molecule has 1 atom stereocenters. The molecule has 0 fully saturated rings. The topological polar surface area (TPSA) is 71.4 Å². The standard InChI is InChI=1S/C16H14O4S/c17-16(18)11-5-7-14(8-6-11)21(19,20)10-13-9-12-3-1-2-4-15(12)13/h1-8,13H,9-10H2,(H,17,18). The predicted octanol–water partition coefficient (Wildman–Crippen LogP) is 2.50. The van der Waals surface area contributed by atoms with Gasteiger partial charge in [0.15, 0.2) is 9.84 Å². The number of hydrogen-bond acceptors (Lipinski definition) is 3. The van der Waals surface area contributed by atoms with Crippen molar-refractivity contribution >= 4 is 15.8 Å². The fourth-order valence-corrected chi connectivity index (χ4v) is 4.25. The number of carboxylic acid groups (broad SMARTS) is 1. The summed E-state index contributed by atoms with van der Waals surface area (Å²) in [6.45, 7) is 0. The smallest absolute Gasteiger partial charge is 0.335 e. The summed E-state index contributed by atoms with van der Waals surface area (Å²) in [5.74, 6) is -0.964. The van der Waals surface area contributed by atoms with Crippen LogP contribution < -0.4 is 0 Å². The van der Waals surface area contributed by atoms with Crippen molar-refractivity contribution in [2.45, 2.75) is 17.2 Å². The van der Waals surface area contributed by atoms with Crippen molar-refractivity contribution in [2.75, 3.05) is 5.75 Å². The molecule has 2 aromatic carbocycles. The van der Waals surface area contributed by atoms with Gasteiger partial charge in [-0.25, -0.2) is 13.2 Å². The first-order valence-electron chi connectivity index (χ1n) is 6.61. The van der Waals surface area contributed by atoms with Crippen LogP contribution in [0, 0.1) is 0 Å². The Morgan fingerprint density at radius 2 is 1.76 bits per heavy atom. The summed E-state index contributed by atoms with van der Waals surface area (Å²) >= 11 is 0. The Morgan fingerprint density at radius 1 is 1.10 bits per heavy atom. The van der Waals surface area contributed by atoms with Crippen LogP contribution in [-0.2, 0) is 16.3 Å². The maximum Gasteiger partial charge on any atom is 0.335 e. The second-order valence-corrected chi connectivity index (χ2v) is 7.25. The van der Waals surface area contributed by atoms with Crippen molar-refractivity contribution in [3.63, 3.8) is 0 Å². The fourth-order valence-electron chi connectivity index (χ4n) is 2.68. The van der Waals surface area contributed by atoms with Gasteiger partial charge in [-0.2, -0.15) is 0 Å². The number of rotatable bonds is 4. The maximum absolute atomic E-state index is 12.4. The Hall–Kier alpha value is -2.14. The zero-order valence-corrected chi connectivity index (χ0v) is 12.0. The van der Waals surface area contributed by atoms with Crippen molar-refractivity contribution in [1.82, 2.24) is 0 Å². The van der Waals surface area contributed by atoms with Crippen LogP contribution in [-0.4, -0.2) is 25.2 Å². The van der Waals surface area contributed by atoms with E-state index in [1.807, 2.05) is 24.3 Å². The molecule has 5 heteroatoms. The summed E-state index contributed by atoms with van der Waals surface area (Å²) in [6, 6.07) is 13.2. The first-order valence-corrected chi connectivity index (χ1v) is 8.26. The van der Waals surface area contributed by atoms with Gasteiger partial charge < -0.3 is 5.11 Å². The molecule has 0 heterocycles. The third-order valence-corrected chi connectivity index (χ3v) is 5.67. The van der Waals surface area contributed by atoms with Gasteiger partial charge in [0.1, 0.15) is 0 Å². The van der Waals surface area contributed by atoms with Gasteiger partial charge in [0.05, 0.1) is 16.2 Å². The lowest BCUT2D eigenvalue weighted by Gasteiger charge is -2.29. The Morgan fingerprint density at radius 3 is 2.38 bits per heavy atom. The van der Waals surface area contributed by atoms with E-state index in [1.165, 1.54) is 29.8 Å². The van der Waals surface area contributed by atoms with Crippen LogP contribution in [0.25, 0.3) is 0 Å². The lowest BCUT2D eigenvalue weighted by Crippen LogP contribution is -2.25. The highest BCUT2D eigenvalue weighted by Crippen LogP contribution is 2.36. The summed E-state index contributed by atoms with van der Waals surface area (Å²) in [6.07, 6.45) is 0.780. The average Bonchev–Trinajstić information content (AvgIpc) is 2.45. The minimum absolute atomic E-state index is 0.0327. The quantitative estimate of drug-likeness (QED) is 0.942. The van der Waals surface area contributed by atoms with E-state index in [4.69, 9.17) is 5.11 Å². The molecule has 108 valence electrons. The van der Waals surface area contributed by atoms with E-state index >= 15 is 0 Å². The highest BCUT2D eigenvalue weighted by atomic mass is 32.2. The van der Waals surface area contributed by atoms with E-state index < -0.39 is 15.8 Å². The number of carboxylic acids is 1. The normalized spacial score (nSPS) is 16.9. The number of aromatic carboxylic acids is 1. The van der Waals surface area contributed by atoms with E-state index in [2.05, 4.69) is 0 Å². The lowest BCUT2D eigenvalue weighted by molar-refractivity contribution is 0.0696. The molecule has 0 spiro atoms. The Balaban J connectivity index is 1.81. The fraction of sp³-hybridized carbons (Fsp3) is 0.188. The average molecular weight is 302 g/mol. The van der Waals surface area contributed by atoms with Crippen LogP contribution >= 0.6 is 0 Å². The van der Waals surface area contributed by atoms with E-state index in [0.29, 0.717) is 0 Å². The molecule has 0 bridgehead atoms. The minimum Gasteiger partial charge on any atom is -0.478 e. The number of sulfone groups is 1. The van der Waals surface area contributed by atoms with Crippen LogP contribution in [0.2, 0.25) is 0 Å². The van der Waals surface area contributed by atoms with E-state index in [0.717, 1.165) is 12.0 Å². The van der Waals surface area contributed by atoms with Crippen LogP contribution in [0.3, 0.4) is 0 Å². The third kappa shape index (κ3) is 2.56. The summed E-state index contributed by atoms with van der Waals surface area (Å²) in [5, 5.41) is 8.83. The third-order valence-electron chi connectivity index (χ3n) is 3.84. The lowest BCUT2D eigenvalue weighted by atomic mass is 9.79. The molecule has 0 aliphatic heterocycles. The molecular weight excluding hydrogens is 288 g/mol. The number of benzene rings is 2. The van der Waals surface area contributed by atoms with E-state index in [9.17, 15) is 13.2 Å². The van der Waals surface area contributed by atoms with Gasteiger partial charge in [0.25, 0.3) is 0 Å². The first-order chi connectivity index (χ1) is 9.97. The molecule has 0 amide bonds. The monoisotopic (exact) mass is 302 g/mol. The zero-order chi connectivity index (χ0) is 15.0. The van der Waals surface area contributed by atoms with Crippen molar-refractivity contribution < 1.29 is 18.3 Å². The summed E-state index contributed by atoms with van der Waals surface area (Å²) in [5.41, 5.74) is 2.39. The van der Waals surface area contributed by atoms with Gasteiger partial charge in [-0.3, -0.25) is 0 Å². The van der Waals surface area contributed by atoms with Gasteiger partial charge in [-0.05, 0) is 41.8 Å². The van der Waals surface area contributed by atoms with E-state index in [-0.39, 0.29) is 22.1 Å². The highest BCUT2D eigenvalue weighted by molar-refractivity contribution is 7.91. The van der Waals surface area contributed by atoms with Crippen molar-refractivity contribution in [3.8, 4) is 0 Å². The predicted molar refractivity (Wildman–Crippen MR) is 78.3 cm³/mol. The second-order valence-electron chi connectivity index (χ2n) is 5.21. The number of fused-ring (bicyclic) bond motifs is 1. The molecule has 2 aromatic rings. The summed E-state index contributed by atoms with van der Waals surface area (Å²) in [7, 11) is -3.40. The van der Waals surface area contributed by atoms with Gasteiger partial charge in [0.2, 0.25) is 0 Å². The molecule has 1 unspecified atom stereocenters. The number of hydrogen-bond donors (Lipinski definition) is 1. The van der Waals surface area contributed by atoms with Gasteiger partial charge in [0, 0.05) is 5.92 Å². The minimum atomic E-state index is -3.40. The summed E-state index contributed by atoms with van der Waals surface area (Å²) < 4.78 is 24.8. The van der Waals surface area contributed by atoms with Gasteiger partial charge in [-0.1, -0.05) is 24.3 Å². The first kappa shape index (κ1) is 13.8. The molecule has 0 aromatic heterocycles. The maximum atomic E-state index is 12.4. The van der Waals surface area contributed by atoms with Gasteiger partial charge >= 0.3 is 5.97 Å². The molecular formula is C16H14O4S. The summed E-state index contributed by atoms with van der Waals surface area (Å²) in [4.78, 5) is 11.0. The van der Waals surface area contributed by atoms with E-state index in [1.54, 1.807) is 0 Å². The molecule has 1 aliphatic rings. The van der Waals surface area contributed by atoms with Crippen molar-refractivity contribution in [1.29, 1.82) is 0 Å². The van der Waals surface area contributed by atoms with Crippen LogP contribution in [0.5, 0.6) is 0 Å². The molecule has 1 N–H and O–H groups in total. The molecule has 0 saturated heterocycles. The molecule has 3 rings (SSSR count). The molecule has 21 heavy (non-hydrogen) atoms. The highest BCUT2D eigenvalue weighted by Gasteiger charge is 2.30. The molecule has 4 nitrogen and oxygen atoms in total. The second kappa shape index (κ2) is 5.00. The Kier molecular flexibility index (Phi) is 3.29. The van der Waals surface area contributed by atoms with Crippen LogP contribution in [0.1, 0.15) is 27.4 Å². The van der Waals surface area contributed by atoms with Crippen molar-refractivity contribution in [2.24, 2.45) is 0 Å².